The Morgan fingerprint density at radius 3 is 2.47 bits per heavy atom. The normalized spacial score (nSPS) is 11.2. The van der Waals surface area contributed by atoms with Crippen LogP contribution in [0.15, 0.2) is 53.0 Å². The molecule has 100 valence electrons. The van der Waals surface area contributed by atoms with E-state index in [9.17, 15) is 13.5 Å². The average Bonchev–Trinajstić information content (AvgIpc) is 2.34. The van der Waals surface area contributed by atoms with Gasteiger partial charge in [0.15, 0.2) is 0 Å². The van der Waals surface area contributed by atoms with Crippen LogP contribution in [0, 0.1) is 0 Å². The van der Waals surface area contributed by atoms with Crippen LogP contribution in [0.1, 0.15) is 5.56 Å². The molecule has 0 amide bonds. The van der Waals surface area contributed by atoms with Crippen molar-refractivity contribution in [3.05, 3.63) is 58.6 Å². The number of rotatable bonds is 4. The summed E-state index contributed by atoms with van der Waals surface area (Å²) in [6, 6.07) is 13.4. The lowest BCUT2D eigenvalue weighted by Gasteiger charge is -2.10. The monoisotopic (exact) mass is 341 g/mol. The van der Waals surface area contributed by atoms with Crippen LogP contribution in [0.4, 0.5) is 5.69 Å². The fourth-order valence-electron chi connectivity index (χ4n) is 1.59. The molecule has 2 N–H and O–H groups in total. The van der Waals surface area contributed by atoms with Gasteiger partial charge in [-0.3, -0.25) is 4.72 Å². The maximum absolute atomic E-state index is 12.0. The molecule has 6 heteroatoms. The Kier molecular flexibility index (Phi) is 4.11. The zero-order valence-corrected chi connectivity index (χ0v) is 12.3. The molecule has 0 saturated carbocycles. The van der Waals surface area contributed by atoms with E-state index in [0.29, 0.717) is 10.0 Å². The van der Waals surface area contributed by atoms with Gasteiger partial charge in [0, 0.05) is 4.47 Å². The largest absolute Gasteiger partial charge is 0.506 e. The summed E-state index contributed by atoms with van der Waals surface area (Å²) >= 11 is 3.22. The number of hydrogen-bond acceptors (Lipinski definition) is 3. The van der Waals surface area contributed by atoms with Crippen LogP contribution in [0.3, 0.4) is 0 Å². The Morgan fingerprint density at radius 2 is 1.79 bits per heavy atom. The van der Waals surface area contributed by atoms with Crippen molar-refractivity contribution >= 4 is 31.6 Å². The number of nitrogens with one attached hydrogen (secondary N) is 1. The number of anilines is 1. The highest BCUT2D eigenvalue weighted by Crippen LogP contribution is 2.28. The van der Waals surface area contributed by atoms with Crippen molar-refractivity contribution in [2.75, 3.05) is 4.72 Å². The third-order valence-corrected chi connectivity index (χ3v) is 4.16. The van der Waals surface area contributed by atoms with Gasteiger partial charge in [0.05, 0.1) is 11.4 Å². The first-order chi connectivity index (χ1) is 8.96. The molecule has 0 fully saturated rings. The Morgan fingerprint density at radius 1 is 1.11 bits per heavy atom. The van der Waals surface area contributed by atoms with Gasteiger partial charge in [-0.1, -0.05) is 46.3 Å². The molecule has 4 nitrogen and oxygen atoms in total. The van der Waals surface area contributed by atoms with Crippen LogP contribution in [0.5, 0.6) is 5.75 Å². The maximum atomic E-state index is 12.0. The minimum atomic E-state index is -3.56. The Balaban J connectivity index is 2.20. The number of aromatic hydroxyl groups is 1. The molecular weight excluding hydrogens is 330 g/mol. The molecule has 0 heterocycles. The number of halogens is 1. The summed E-state index contributed by atoms with van der Waals surface area (Å²) in [5, 5.41) is 9.62. The third kappa shape index (κ3) is 3.97. The van der Waals surface area contributed by atoms with Crippen LogP contribution in [-0.4, -0.2) is 13.5 Å². The number of phenols is 1. The van der Waals surface area contributed by atoms with Gasteiger partial charge in [0.1, 0.15) is 5.75 Å². The lowest BCUT2D eigenvalue weighted by Crippen LogP contribution is -2.15. The van der Waals surface area contributed by atoms with Gasteiger partial charge in [-0.15, -0.1) is 0 Å². The van der Waals surface area contributed by atoms with E-state index in [1.807, 2.05) is 6.07 Å². The first-order valence-electron chi connectivity index (χ1n) is 5.49. The van der Waals surface area contributed by atoms with Crippen molar-refractivity contribution in [3.8, 4) is 5.75 Å². The maximum Gasteiger partial charge on any atom is 0.237 e. The summed E-state index contributed by atoms with van der Waals surface area (Å²) < 4.78 is 27.0. The number of benzene rings is 2. The molecule has 19 heavy (non-hydrogen) atoms. The Bertz CT molecular complexity index is 672. The van der Waals surface area contributed by atoms with Gasteiger partial charge in [0.2, 0.25) is 10.0 Å². The van der Waals surface area contributed by atoms with E-state index < -0.39 is 10.0 Å². The predicted octanol–water partition coefficient (Wildman–Crippen LogP) is 3.10. The molecule has 0 radical (unpaired) electrons. The van der Waals surface area contributed by atoms with Crippen LogP contribution in [-0.2, 0) is 15.8 Å². The summed E-state index contributed by atoms with van der Waals surface area (Å²) in [5.74, 6) is -0.250. The summed E-state index contributed by atoms with van der Waals surface area (Å²) in [7, 11) is -3.56. The Labute approximate surface area is 120 Å². The molecule has 0 aliphatic heterocycles. The van der Waals surface area contributed by atoms with Crippen molar-refractivity contribution in [2.24, 2.45) is 0 Å². The topological polar surface area (TPSA) is 66.4 Å². The second-order valence-electron chi connectivity index (χ2n) is 4.01. The van der Waals surface area contributed by atoms with Gasteiger partial charge in [0.25, 0.3) is 0 Å². The molecule has 0 aromatic heterocycles. The second kappa shape index (κ2) is 5.63. The smallest absolute Gasteiger partial charge is 0.237 e. The van der Waals surface area contributed by atoms with E-state index in [1.54, 1.807) is 30.3 Å². The van der Waals surface area contributed by atoms with Gasteiger partial charge in [-0.25, -0.2) is 8.42 Å². The van der Waals surface area contributed by atoms with Gasteiger partial charge in [-0.2, -0.15) is 0 Å². The lowest BCUT2D eigenvalue weighted by atomic mass is 10.2. The molecule has 0 aliphatic rings. The van der Waals surface area contributed by atoms with Gasteiger partial charge < -0.3 is 5.11 Å². The Hall–Kier alpha value is -1.53. The lowest BCUT2D eigenvalue weighted by molar-refractivity contribution is 0.477. The molecular formula is C13H12BrNO3S. The molecule has 0 atom stereocenters. The van der Waals surface area contributed by atoms with Crippen LogP contribution < -0.4 is 4.72 Å². The highest BCUT2D eigenvalue weighted by Gasteiger charge is 2.14. The number of phenolic OH excluding ortho intramolecular Hbond substituents is 1. The highest BCUT2D eigenvalue weighted by atomic mass is 79.9. The summed E-state index contributed by atoms with van der Waals surface area (Å²) in [4.78, 5) is 0. The van der Waals surface area contributed by atoms with Crippen molar-refractivity contribution in [1.29, 1.82) is 0 Å². The van der Waals surface area contributed by atoms with Gasteiger partial charge >= 0.3 is 0 Å². The molecule has 2 rings (SSSR count). The quantitative estimate of drug-likeness (QED) is 0.839. The molecule has 0 bridgehead atoms. The van der Waals surface area contributed by atoms with Crippen LogP contribution in [0.2, 0.25) is 0 Å². The van der Waals surface area contributed by atoms with E-state index in [0.717, 1.165) is 0 Å². The second-order valence-corrected chi connectivity index (χ2v) is 6.65. The fourth-order valence-corrected chi connectivity index (χ4v) is 3.15. The molecule has 0 saturated heterocycles. The summed E-state index contributed by atoms with van der Waals surface area (Å²) in [6.45, 7) is 0. The van der Waals surface area contributed by atoms with Gasteiger partial charge in [-0.05, 0) is 23.8 Å². The minimum Gasteiger partial charge on any atom is -0.506 e. The van der Waals surface area contributed by atoms with Crippen LogP contribution >= 0.6 is 15.9 Å². The van der Waals surface area contributed by atoms with Crippen molar-refractivity contribution in [1.82, 2.24) is 0 Å². The van der Waals surface area contributed by atoms with E-state index >= 15 is 0 Å². The number of sulfonamides is 1. The fraction of sp³-hybridized carbons (Fsp3) is 0.0769. The minimum absolute atomic E-state index is 0.111. The van der Waals surface area contributed by atoms with E-state index in [-0.39, 0.29) is 17.2 Å². The molecule has 0 unspecified atom stereocenters. The standard InChI is InChI=1S/C13H12BrNO3S/c14-11-6-7-13(16)12(8-11)15-19(17,18)9-10-4-2-1-3-5-10/h1-8,15-16H,9H2. The SMILES string of the molecule is O=S(=O)(Cc1ccccc1)Nc1cc(Br)ccc1O. The van der Waals surface area contributed by atoms with Crippen molar-refractivity contribution < 1.29 is 13.5 Å². The average molecular weight is 342 g/mol. The highest BCUT2D eigenvalue weighted by molar-refractivity contribution is 9.10. The van der Waals surface area contributed by atoms with Crippen molar-refractivity contribution in [3.63, 3.8) is 0 Å². The first-order valence-corrected chi connectivity index (χ1v) is 7.94. The third-order valence-electron chi connectivity index (χ3n) is 2.42. The summed E-state index contributed by atoms with van der Waals surface area (Å²) in [5.41, 5.74) is 0.842. The van der Waals surface area contributed by atoms with E-state index in [4.69, 9.17) is 0 Å². The van der Waals surface area contributed by atoms with E-state index in [1.165, 1.54) is 12.1 Å². The molecule has 2 aromatic carbocycles. The summed E-state index contributed by atoms with van der Waals surface area (Å²) in [6.07, 6.45) is 0. The zero-order chi connectivity index (χ0) is 13.9. The predicted molar refractivity (Wildman–Crippen MR) is 78.5 cm³/mol. The van der Waals surface area contributed by atoms with Crippen LogP contribution in [0.25, 0.3) is 0 Å². The zero-order valence-electron chi connectivity index (χ0n) is 9.88. The molecule has 2 aromatic rings. The molecule has 0 spiro atoms. The van der Waals surface area contributed by atoms with Crippen molar-refractivity contribution in [2.45, 2.75) is 5.75 Å². The van der Waals surface area contributed by atoms with E-state index in [2.05, 4.69) is 20.7 Å². The first kappa shape index (κ1) is 13.9. The molecule has 0 aliphatic carbocycles. The number of hydrogen-bond donors (Lipinski definition) is 2.